The third-order valence-corrected chi connectivity index (χ3v) is 6.92. The Hall–Kier alpha value is -3.45. The molecule has 0 atom stereocenters. The Kier molecular flexibility index (Phi) is 5.37. The standard InChI is InChI=1S/C24H22N2O4S/c1-16(2)25-23(27)18-12-13-22-20(14-18)26(15-17-8-4-3-5-9-17)24(28)19-10-6-7-11-21(19)31(22,29)30/h3-14,16H,15H2,1-2H3,(H,25,27). The molecular weight excluding hydrogens is 412 g/mol. The molecule has 0 aliphatic carbocycles. The number of carbonyl (C=O) groups is 2. The molecule has 4 rings (SSSR count). The Morgan fingerprint density at radius 3 is 2.32 bits per heavy atom. The summed E-state index contributed by atoms with van der Waals surface area (Å²) in [5, 5.41) is 2.80. The third-order valence-electron chi connectivity index (χ3n) is 5.06. The lowest BCUT2D eigenvalue weighted by molar-refractivity contribution is 0.0940. The molecule has 1 aliphatic rings. The summed E-state index contributed by atoms with van der Waals surface area (Å²) in [5.74, 6) is -0.757. The second-order valence-electron chi connectivity index (χ2n) is 7.69. The minimum atomic E-state index is -3.96. The highest BCUT2D eigenvalue weighted by Crippen LogP contribution is 2.38. The van der Waals surface area contributed by atoms with Gasteiger partial charge in [-0.3, -0.25) is 9.59 Å². The second kappa shape index (κ2) is 8.00. The molecule has 1 aliphatic heterocycles. The molecule has 7 heteroatoms. The second-order valence-corrected chi connectivity index (χ2v) is 9.57. The van der Waals surface area contributed by atoms with Gasteiger partial charge in [-0.25, -0.2) is 8.42 Å². The SMILES string of the molecule is CC(C)NC(=O)c1ccc2c(c1)N(Cc1ccccc1)C(=O)c1ccccc1S2(=O)=O. The normalized spacial score (nSPS) is 14.5. The molecule has 3 aromatic carbocycles. The van der Waals surface area contributed by atoms with E-state index >= 15 is 0 Å². The Morgan fingerprint density at radius 1 is 0.935 bits per heavy atom. The van der Waals surface area contributed by atoms with Crippen molar-refractivity contribution in [1.82, 2.24) is 5.32 Å². The van der Waals surface area contributed by atoms with Crippen molar-refractivity contribution in [3.8, 4) is 0 Å². The fraction of sp³-hybridized carbons (Fsp3) is 0.167. The average Bonchev–Trinajstić information content (AvgIpc) is 2.82. The monoisotopic (exact) mass is 434 g/mol. The first kappa shape index (κ1) is 20.8. The molecule has 1 N–H and O–H groups in total. The lowest BCUT2D eigenvalue weighted by Crippen LogP contribution is -2.32. The Morgan fingerprint density at radius 2 is 1.61 bits per heavy atom. The van der Waals surface area contributed by atoms with Crippen molar-refractivity contribution >= 4 is 27.3 Å². The molecule has 3 aromatic rings. The number of nitrogens with one attached hydrogen (secondary N) is 1. The van der Waals surface area contributed by atoms with Crippen LogP contribution in [0.3, 0.4) is 0 Å². The number of hydrogen-bond donors (Lipinski definition) is 1. The van der Waals surface area contributed by atoms with Crippen molar-refractivity contribution < 1.29 is 18.0 Å². The predicted molar refractivity (Wildman–Crippen MR) is 118 cm³/mol. The molecule has 0 radical (unpaired) electrons. The van der Waals surface area contributed by atoms with Gasteiger partial charge in [0.15, 0.2) is 0 Å². The van der Waals surface area contributed by atoms with Crippen LogP contribution in [0.4, 0.5) is 5.69 Å². The molecule has 0 aromatic heterocycles. The van der Waals surface area contributed by atoms with E-state index in [1.807, 2.05) is 44.2 Å². The summed E-state index contributed by atoms with van der Waals surface area (Å²) in [4.78, 5) is 27.5. The van der Waals surface area contributed by atoms with E-state index in [0.717, 1.165) is 5.56 Å². The topological polar surface area (TPSA) is 83.6 Å². The molecule has 0 unspecified atom stereocenters. The maximum Gasteiger partial charge on any atom is 0.259 e. The zero-order valence-corrected chi connectivity index (χ0v) is 18.0. The minimum absolute atomic E-state index is 0.00262. The molecule has 31 heavy (non-hydrogen) atoms. The van der Waals surface area contributed by atoms with Crippen LogP contribution in [0, 0.1) is 0 Å². The maximum atomic E-state index is 13.5. The Bertz CT molecular complexity index is 1270. The number of carbonyl (C=O) groups excluding carboxylic acids is 2. The molecule has 0 fully saturated rings. The average molecular weight is 435 g/mol. The Balaban J connectivity index is 1.94. The minimum Gasteiger partial charge on any atom is -0.350 e. The van der Waals surface area contributed by atoms with Crippen LogP contribution in [0.1, 0.15) is 40.1 Å². The van der Waals surface area contributed by atoms with Gasteiger partial charge in [-0.05, 0) is 49.7 Å². The van der Waals surface area contributed by atoms with Crippen molar-refractivity contribution in [2.45, 2.75) is 36.2 Å². The number of anilines is 1. The van der Waals surface area contributed by atoms with E-state index in [1.54, 1.807) is 12.1 Å². The molecule has 0 saturated carbocycles. The summed E-state index contributed by atoms with van der Waals surface area (Å²) >= 11 is 0. The van der Waals surface area contributed by atoms with E-state index in [-0.39, 0.29) is 39.5 Å². The zero-order chi connectivity index (χ0) is 22.2. The van der Waals surface area contributed by atoms with Crippen molar-refractivity contribution in [2.24, 2.45) is 0 Å². The van der Waals surface area contributed by atoms with Crippen LogP contribution >= 0.6 is 0 Å². The van der Waals surface area contributed by atoms with Crippen molar-refractivity contribution in [1.29, 1.82) is 0 Å². The molecule has 2 amide bonds. The van der Waals surface area contributed by atoms with Crippen LogP contribution in [0.15, 0.2) is 82.6 Å². The lowest BCUT2D eigenvalue weighted by Gasteiger charge is -2.23. The number of sulfone groups is 1. The van der Waals surface area contributed by atoms with Gasteiger partial charge in [-0.2, -0.15) is 0 Å². The first-order valence-electron chi connectivity index (χ1n) is 9.94. The smallest absolute Gasteiger partial charge is 0.259 e. The van der Waals surface area contributed by atoms with E-state index < -0.39 is 15.7 Å². The van der Waals surface area contributed by atoms with Gasteiger partial charge in [-0.1, -0.05) is 42.5 Å². The quantitative estimate of drug-likeness (QED) is 0.677. The van der Waals surface area contributed by atoms with Crippen LogP contribution in [0.2, 0.25) is 0 Å². The molecule has 6 nitrogen and oxygen atoms in total. The molecule has 0 bridgehead atoms. The fourth-order valence-electron chi connectivity index (χ4n) is 3.62. The van der Waals surface area contributed by atoms with Crippen molar-refractivity contribution in [3.63, 3.8) is 0 Å². The molecular formula is C24H22N2O4S. The summed E-state index contributed by atoms with van der Waals surface area (Å²) in [5.41, 5.74) is 1.44. The van der Waals surface area contributed by atoms with Gasteiger partial charge in [0.05, 0.1) is 27.6 Å². The zero-order valence-electron chi connectivity index (χ0n) is 17.2. The van der Waals surface area contributed by atoms with Gasteiger partial charge < -0.3 is 10.2 Å². The van der Waals surface area contributed by atoms with Gasteiger partial charge in [0.1, 0.15) is 0 Å². The lowest BCUT2D eigenvalue weighted by atomic mass is 10.1. The number of fused-ring (bicyclic) bond motifs is 2. The summed E-state index contributed by atoms with van der Waals surface area (Å²) in [6, 6.07) is 19.8. The van der Waals surface area contributed by atoms with Crippen molar-refractivity contribution in [2.75, 3.05) is 4.90 Å². The van der Waals surface area contributed by atoms with Gasteiger partial charge >= 0.3 is 0 Å². The van der Waals surface area contributed by atoms with Crippen LogP contribution in [0.25, 0.3) is 0 Å². The molecule has 1 heterocycles. The van der Waals surface area contributed by atoms with Gasteiger partial charge in [0.25, 0.3) is 11.8 Å². The predicted octanol–water partition coefficient (Wildman–Crippen LogP) is 3.82. The van der Waals surface area contributed by atoms with E-state index in [2.05, 4.69) is 5.32 Å². The van der Waals surface area contributed by atoms with Crippen LogP contribution in [-0.2, 0) is 16.4 Å². The summed E-state index contributed by atoms with van der Waals surface area (Å²) in [6.45, 7) is 3.85. The molecule has 158 valence electrons. The van der Waals surface area contributed by atoms with Crippen LogP contribution in [-0.4, -0.2) is 26.3 Å². The first-order chi connectivity index (χ1) is 14.8. The molecule has 0 saturated heterocycles. The summed E-state index contributed by atoms with van der Waals surface area (Å²) in [6.07, 6.45) is 0. The highest BCUT2D eigenvalue weighted by molar-refractivity contribution is 7.91. The highest BCUT2D eigenvalue weighted by atomic mass is 32.2. The number of rotatable bonds is 4. The fourth-order valence-corrected chi connectivity index (χ4v) is 5.25. The third kappa shape index (κ3) is 3.84. The number of amides is 2. The van der Waals surface area contributed by atoms with Crippen LogP contribution < -0.4 is 10.2 Å². The Labute approximate surface area is 181 Å². The van der Waals surface area contributed by atoms with Crippen molar-refractivity contribution in [3.05, 3.63) is 89.5 Å². The largest absolute Gasteiger partial charge is 0.350 e. The van der Waals surface area contributed by atoms with E-state index in [0.29, 0.717) is 5.56 Å². The summed E-state index contributed by atoms with van der Waals surface area (Å²) < 4.78 is 26.9. The molecule has 0 spiro atoms. The first-order valence-corrected chi connectivity index (χ1v) is 11.4. The maximum absolute atomic E-state index is 13.5. The van der Waals surface area contributed by atoms with E-state index in [1.165, 1.54) is 35.2 Å². The van der Waals surface area contributed by atoms with Crippen LogP contribution in [0.5, 0.6) is 0 Å². The van der Waals surface area contributed by atoms with Gasteiger partial charge in [0, 0.05) is 11.6 Å². The van der Waals surface area contributed by atoms with Gasteiger partial charge in [0.2, 0.25) is 9.84 Å². The number of benzene rings is 3. The summed E-state index contributed by atoms with van der Waals surface area (Å²) in [7, 11) is -3.96. The van der Waals surface area contributed by atoms with E-state index in [4.69, 9.17) is 0 Å². The number of hydrogen-bond acceptors (Lipinski definition) is 4. The highest BCUT2D eigenvalue weighted by Gasteiger charge is 2.36. The van der Waals surface area contributed by atoms with Gasteiger partial charge in [-0.15, -0.1) is 0 Å². The van der Waals surface area contributed by atoms with E-state index in [9.17, 15) is 18.0 Å². The number of nitrogens with zero attached hydrogens (tertiary/aromatic N) is 1.